The molecule has 0 aliphatic rings. The molecule has 0 spiro atoms. The van der Waals surface area contributed by atoms with Crippen molar-refractivity contribution in [2.24, 2.45) is 0 Å². The second-order valence-electron chi connectivity index (χ2n) is 2.71. The maximum Gasteiger partial charge on any atom is 0.335 e. The topological polar surface area (TPSA) is 59.3 Å². The Kier molecular flexibility index (Phi) is 3.08. The highest BCUT2D eigenvalue weighted by Gasteiger charge is 2.03. The molecule has 1 N–H and O–H groups in total. The molecule has 1 rings (SSSR count). The Morgan fingerprint density at radius 3 is 2.86 bits per heavy atom. The zero-order chi connectivity index (χ0) is 10.6. The summed E-state index contributed by atoms with van der Waals surface area (Å²) in [5, 5.41) is 8.60. The van der Waals surface area contributed by atoms with Crippen molar-refractivity contribution in [3.05, 3.63) is 34.2 Å². The molecule has 0 atom stereocenters. The van der Waals surface area contributed by atoms with Crippen LogP contribution >= 0.6 is 0 Å². The molecular weight excluding hydrogens is 182 g/mol. The van der Waals surface area contributed by atoms with Crippen LogP contribution in [0.4, 0.5) is 0 Å². The molecule has 0 saturated heterocycles. The molecule has 0 amide bonds. The molecule has 1 heterocycles. The molecule has 4 nitrogen and oxygen atoms in total. The van der Waals surface area contributed by atoms with Gasteiger partial charge in [-0.15, -0.1) is 12.3 Å². The number of terminal acetylenes is 1. The van der Waals surface area contributed by atoms with Crippen LogP contribution in [0.15, 0.2) is 23.1 Å². The molecule has 0 fully saturated rings. The quantitative estimate of drug-likeness (QED) is 0.710. The minimum atomic E-state index is -1.11. The van der Waals surface area contributed by atoms with Gasteiger partial charge in [-0.1, -0.05) is 0 Å². The molecule has 0 aliphatic heterocycles. The van der Waals surface area contributed by atoms with Crippen LogP contribution in [0.25, 0.3) is 0 Å². The first-order valence-electron chi connectivity index (χ1n) is 4.02. The maximum absolute atomic E-state index is 11.3. The summed E-state index contributed by atoms with van der Waals surface area (Å²) in [6.07, 6.45) is 6.93. The van der Waals surface area contributed by atoms with Gasteiger partial charge < -0.3 is 9.67 Å². The fourth-order valence-corrected chi connectivity index (χ4v) is 1.01. The van der Waals surface area contributed by atoms with E-state index in [4.69, 9.17) is 11.5 Å². The number of nitrogens with zero attached hydrogens (tertiary/aromatic N) is 1. The molecular formula is C10H9NO3. The molecule has 0 bridgehead atoms. The van der Waals surface area contributed by atoms with E-state index in [-0.39, 0.29) is 11.1 Å². The van der Waals surface area contributed by atoms with Crippen molar-refractivity contribution in [3.8, 4) is 12.3 Å². The van der Waals surface area contributed by atoms with Gasteiger partial charge in [-0.25, -0.2) is 4.79 Å². The molecule has 0 aromatic carbocycles. The smallest absolute Gasteiger partial charge is 0.335 e. The van der Waals surface area contributed by atoms with Crippen molar-refractivity contribution in [3.63, 3.8) is 0 Å². The lowest BCUT2D eigenvalue weighted by Crippen LogP contribution is -2.20. The van der Waals surface area contributed by atoms with Crippen LogP contribution in [0, 0.1) is 12.3 Å². The predicted molar refractivity (Wildman–Crippen MR) is 51.1 cm³/mol. The zero-order valence-corrected chi connectivity index (χ0v) is 7.43. The van der Waals surface area contributed by atoms with E-state index in [9.17, 15) is 9.59 Å². The van der Waals surface area contributed by atoms with Gasteiger partial charge in [0.05, 0.1) is 5.56 Å². The molecule has 1 aromatic rings. The summed E-state index contributed by atoms with van der Waals surface area (Å²) in [5.41, 5.74) is -0.355. The Bertz CT molecular complexity index is 439. The number of carboxylic acid groups (broad SMARTS) is 1. The highest BCUT2D eigenvalue weighted by Crippen LogP contribution is 1.95. The van der Waals surface area contributed by atoms with Crippen LogP contribution < -0.4 is 5.56 Å². The summed E-state index contributed by atoms with van der Waals surface area (Å²) in [6.45, 7) is 0.412. The van der Waals surface area contributed by atoms with Crippen molar-refractivity contribution >= 4 is 5.97 Å². The van der Waals surface area contributed by atoms with Gasteiger partial charge >= 0.3 is 5.97 Å². The second-order valence-corrected chi connectivity index (χ2v) is 2.71. The molecule has 0 aliphatic carbocycles. The van der Waals surface area contributed by atoms with Crippen LogP contribution in [-0.4, -0.2) is 15.6 Å². The van der Waals surface area contributed by atoms with Gasteiger partial charge in [0.1, 0.15) is 0 Å². The lowest BCUT2D eigenvalue weighted by Gasteiger charge is -2.02. The summed E-state index contributed by atoms with van der Waals surface area (Å²) in [4.78, 5) is 21.8. The molecule has 14 heavy (non-hydrogen) atoms. The third-order valence-electron chi connectivity index (χ3n) is 1.74. The van der Waals surface area contributed by atoms with Crippen LogP contribution in [0.5, 0.6) is 0 Å². The Labute approximate surface area is 80.8 Å². The Balaban J connectivity index is 2.97. The third kappa shape index (κ3) is 2.23. The van der Waals surface area contributed by atoms with Gasteiger partial charge in [-0.3, -0.25) is 4.79 Å². The fraction of sp³-hybridized carbons (Fsp3) is 0.200. The van der Waals surface area contributed by atoms with E-state index in [0.717, 1.165) is 6.07 Å². The van der Waals surface area contributed by atoms with Gasteiger partial charge in [0.25, 0.3) is 5.56 Å². The summed E-state index contributed by atoms with van der Waals surface area (Å²) in [5.74, 6) is 1.30. The first kappa shape index (κ1) is 10.1. The Hall–Kier alpha value is -2.02. The highest BCUT2D eigenvalue weighted by atomic mass is 16.4. The number of aromatic carboxylic acids is 1. The standard InChI is InChI=1S/C10H9NO3/c1-2-3-5-11-6-4-8(10(13)14)7-9(11)12/h1,4,6-7H,3,5H2,(H,13,14). The molecule has 4 heteroatoms. The van der Waals surface area contributed by atoms with E-state index in [1.165, 1.54) is 16.8 Å². The zero-order valence-electron chi connectivity index (χ0n) is 7.43. The lowest BCUT2D eigenvalue weighted by molar-refractivity contribution is 0.0696. The average Bonchev–Trinajstić information content (AvgIpc) is 2.15. The third-order valence-corrected chi connectivity index (χ3v) is 1.74. The van der Waals surface area contributed by atoms with Gasteiger partial charge in [0.2, 0.25) is 0 Å². The number of carboxylic acids is 1. The van der Waals surface area contributed by atoms with Crippen molar-refractivity contribution in [2.45, 2.75) is 13.0 Å². The lowest BCUT2D eigenvalue weighted by atomic mass is 10.2. The molecule has 0 radical (unpaired) electrons. The van der Waals surface area contributed by atoms with E-state index < -0.39 is 5.97 Å². The largest absolute Gasteiger partial charge is 0.478 e. The molecule has 72 valence electrons. The van der Waals surface area contributed by atoms with E-state index in [2.05, 4.69) is 5.92 Å². The summed E-state index contributed by atoms with van der Waals surface area (Å²) in [6, 6.07) is 2.46. The summed E-state index contributed by atoms with van der Waals surface area (Å²) in [7, 11) is 0. The minimum Gasteiger partial charge on any atom is -0.478 e. The minimum absolute atomic E-state index is 0.00745. The number of hydrogen-bond acceptors (Lipinski definition) is 2. The van der Waals surface area contributed by atoms with Gasteiger partial charge in [0, 0.05) is 25.2 Å². The highest BCUT2D eigenvalue weighted by molar-refractivity contribution is 5.87. The van der Waals surface area contributed by atoms with Crippen LogP contribution in [0.2, 0.25) is 0 Å². The van der Waals surface area contributed by atoms with Crippen molar-refractivity contribution in [2.75, 3.05) is 0 Å². The molecule has 0 saturated carbocycles. The monoisotopic (exact) mass is 191 g/mol. The predicted octanol–water partition coefficient (Wildman–Crippen LogP) is 0.570. The number of pyridine rings is 1. The number of hydrogen-bond donors (Lipinski definition) is 1. The SMILES string of the molecule is C#CCCn1ccc(C(=O)O)cc1=O. The van der Waals surface area contributed by atoms with Gasteiger partial charge in [0.15, 0.2) is 0 Å². The van der Waals surface area contributed by atoms with Crippen molar-refractivity contribution in [1.82, 2.24) is 4.57 Å². The van der Waals surface area contributed by atoms with E-state index in [1.54, 1.807) is 0 Å². The second kappa shape index (κ2) is 4.28. The first-order valence-corrected chi connectivity index (χ1v) is 4.02. The number of carbonyl (C=O) groups is 1. The summed E-state index contributed by atoms with van der Waals surface area (Å²) < 4.78 is 1.38. The fourth-order valence-electron chi connectivity index (χ4n) is 1.01. The van der Waals surface area contributed by atoms with Crippen LogP contribution in [0.3, 0.4) is 0 Å². The Morgan fingerprint density at radius 1 is 1.64 bits per heavy atom. The summed E-state index contributed by atoms with van der Waals surface area (Å²) >= 11 is 0. The average molecular weight is 191 g/mol. The first-order chi connectivity index (χ1) is 6.65. The van der Waals surface area contributed by atoms with E-state index in [0.29, 0.717) is 13.0 Å². The molecule has 1 aromatic heterocycles. The number of aryl methyl sites for hydroxylation is 1. The van der Waals surface area contributed by atoms with Gasteiger partial charge in [-0.2, -0.15) is 0 Å². The molecule has 0 unspecified atom stereocenters. The normalized spacial score (nSPS) is 9.36. The van der Waals surface area contributed by atoms with Crippen LogP contribution in [0.1, 0.15) is 16.8 Å². The van der Waals surface area contributed by atoms with E-state index >= 15 is 0 Å². The van der Waals surface area contributed by atoms with Crippen molar-refractivity contribution < 1.29 is 9.90 Å². The number of aromatic nitrogens is 1. The van der Waals surface area contributed by atoms with E-state index in [1.807, 2.05) is 0 Å². The van der Waals surface area contributed by atoms with Crippen molar-refractivity contribution in [1.29, 1.82) is 0 Å². The Morgan fingerprint density at radius 2 is 2.36 bits per heavy atom. The maximum atomic E-state index is 11.3. The van der Waals surface area contributed by atoms with Gasteiger partial charge in [-0.05, 0) is 6.07 Å². The van der Waals surface area contributed by atoms with Crippen LogP contribution in [-0.2, 0) is 6.54 Å². The number of rotatable bonds is 3.